The van der Waals surface area contributed by atoms with E-state index in [4.69, 9.17) is 4.74 Å². The SMILES string of the molecule is CCCOC(=O)c1ccc(NC(=O)CCc2ccc(C)cc2)cc1. The Morgan fingerprint density at radius 3 is 2.29 bits per heavy atom. The van der Waals surface area contributed by atoms with Crippen molar-refractivity contribution < 1.29 is 14.3 Å². The highest BCUT2D eigenvalue weighted by molar-refractivity contribution is 5.93. The Kier molecular flexibility index (Phi) is 6.55. The van der Waals surface area contributed by atoms with Crippen LogP contribution in [0.25, 0.3) is 0 Å². The largest absolute Gasteiger partial charge is 0.462 e. The van der Waals surface area contributed by atoms with Crippen molar-refractivity contribution in [2.75, 3.05) is 11.9 Å². The molecule has 4 nitrogen and oxygen atoms in total. The number of nitrogens with one attached hydrogen (secondary N) is 1. The normalized spacial score (nSPS) is 10.2. The molecule has 0 spiro atoms. The fourth-order valence-corrected chi connectivity index (χ4v) is 2.20. The van der Waals surface area contributed by atoms with Gasteiger partial charge in [0.2, 0.25) is 5.91 Å². The number of anilines is 1. The van der Waals surface area contributed by atoms with E-state index >= 15 is 0 Å². The van der Waals surface area contributed by atoms with E-state index in [0.717, 1.165) is 12.0 Å². The van der Waals surface area contributed by atoms with Crippen LogP contribution >= 0.6 is 0 Å². The summed E-state index contributed by atoms with van der Waals surface area (Å²) in [6, 6.07) is 14.9. The van der Waals surface area contributed by atoms with Crippen LogP contribution < -0.4 is 5.32 Å². The number of carbonyl (C=O) groups is 2. The van der Waals surface area contributed by atoms with Crippen molar-refractivity contribution in [1.29, 1.82) is 0 Å². The minimum atomic E-state index is -0.339. The summed E-state index contributed by atoms with van der Waals surface area (Å²) in [7, 11) is 0. The molecule has 0 aliphatic heterocycles. The molecule has 0 aliphatic carbocycles. The number of aryl methyl sites for hydroxylation is 2. The van der Waals surface area contributed by atoms with Crippen LogP contribution in [0.4, 0.5) is 5.69 Å². The predicted molar refractivity (Wildman–Crippen MR) is 95.1 cm³/mol. The number of hydrogen-bond donors (Lipinski definition) is 1. The molecule has 0 saturated carbocycles. The van der Waals surface area contributed by atoms with Gasteiger partial charge in [-0.1, -0.05) is 36.8 Å². The first-order chi connectivity index (χ1) is 11.6. The third-order valence-electron chi connectivity index (χ3n) is 3.60. The molecule has 0 fully saturated rings. The highest BCUT2D eigenvalue weighted by Gasteiger charge is 2.08. The average molecular weight is 325 g/mol. The number of ether oxygens (including phenoxy) is 1. The summed E-state index contributed by atoms with van der Waals surface area (Å²) in [5.74, 6) is -0.383. The van der Waals surface area contributed by atoms with E-state index in [1.165, 1.54) is 5.56 Å². The van der Waals surface area contributed by atoms with Crippen molar-refractivity contribution in [2.24, 2.45) is 0 Å². The minimum absolute atomic E-state index is 0.0446. The van der Waals surface area contributed by atoms with E-state index in [1.807, 2.05) is 38.1 Å². The van der Waals surface area contributed by atoms with Crippen LogP contribution in [-0.4, -0.2) is 18.5 Å². The van der Waals surface area contributed by atoms with Gasteiger partial charge < -0.3 is 10.1 Å². The first-order valence-corrected chi connectivity index (χ1v) is 8.21. The van der Waals surface area contributed by atoms with Gasteiger partial charge >= 0.3 is 5.97 Å². The lowest BCUT2D eigenvalue weighted by Gasteiger charge is -2.07. The van der Waals surface area contributed by atoms with Gasteiger partial charge in [-0.05, 0) is 49.6 Å². The van der Waals surface area contributed by atoms with Crippen LogP contribution in [0.1, 0.15) is 41.3 Å². The van der Waals surface area contributed by atoms with Gasteiger partial charge in [0.1, 0.15) is 0 Å². The third-order valence-corrected chi connectivity index (χ3v) is 3.60. The molecule has 2 aromatic carbocycles. The van der Waals surface area contributed by atoms with Crippen LogP contribution in [0.15, 0.2) is 48.5 Å². The second-order valence-corrected chi connectivity index (χ2v) is 5.75. The number of rotatable bonds is 7. The molecule has 2 aromatic rings. The first-order valence-electron chi connectivity index (χ1n) is 8.21. The summed E-state index contributed by atoms with van der Waals surface area (Å²) in [6.07, 6.45) is 1.91. The molecule has 0 radical (unpaired) electrons. The zero-order valence-corrected chi connectivity index (χ0v) is 14.2. The Hall–Kier alpha value is -2.62. The van der Waals surface area contributed by atoms with Crippen molar-refractivity contribution in [3.05, 3.63) is 65.2 Å². The minimum Gasteiger partial charge on any atom is -0.462 e. The summed E-state index contributed by atoms with van der Waals surface area (Å²) in [5, 5.41) is 2.84. The molecule has 1 N–H and O–H groups in total. The molecule has 24 heavy (non-hydrogen) atoms. The van der Waals surface area contributed by atoms with Crippen LogP contribution in [0.2, 0.25) is 0 Å². The Bertz CT molecular complexity index is 675. The van der Waals surface area contributed by atoms with E-state index in [1.54, 1.807) is 24.3 Å². The van der Waals surface area contributed by atoms with Crippen molar-refractivity contribution in [2.45, 2.75) is 33.1 Å². The number of amides is 1. The monoisotopic (exact) mass is 325 g/mol. The molecule has 0 saturated heterocycles. The molecule has 0 bridgehead atoms. The van der Waals surface area contributed by atoms with Crippen LogP contribution in [0, 0.1) is 6.92 Å². The van der Waals surface area contributed by atoms with Crippen LogP contribution in [-0.2, 0) is 16.0 Å². The average Bonchev–Trinajstić information content (AvgIpc) is 2.60. The zero-order chi connectivity index (χ0) is 17.4. The third kappa shape index (κ3) is 5.54. The molecule has 126 valence electrons. The lowest BCUT2D eigenvalue weighted by atomic mass is 10.1. The van der Waals surface area contributed by atoms with Gasteiger partial charge in [-0.25, -0.2) is 4.79 Å². The molecular weight excluding hydrogens is 302 g/mol. The highest BCUT2D eigenvalue weighted by atomic mass is 16.5. The van der Waals surface area contributed by atoms with E-state index in [2.05, 4.69) is 5.32 Å². The molecule has 1 amide bonds. The highest BCUT2D eigenvalue weighted by Crippen LogP contribution is 2.12. The van der Waals surface area contributed by atoms with Crippen molar-refractivity contribution in [3.63, 3.8) is 0 Å². The van der Waals surface area contributed by atoms with Gasteiger partial charge in [0, 0.05) is 12.1 Å². The first kappa shape index (κ1) is 17.7. The van der Waals surface area contributed by atoms with E-state index in [0.29, 0.717) is 30.7 Å². The summed E-state index contributed by atoms with van der Waals surface area (Å²) < 4.78 is 5.07. The Morgan fingerprint density at radius 2 is 1.67 bits per heavy atom. The Morgan fingerprint density at radius 1 is 1.00 bits per heavy atom. The van der Waals surface area contributed by atoms with Gasteiger partial charge in [0.25, 0.3) is 0 Å². The zero-order valence-electron chi connectivity index (χ0n) is 14.2. The second-order valence-electron chi connectivity index (χ2n) is 5.75. The fourth-order valence-electron chi connectivity index (χ4n) is 2.20. The lowest BCUT2D eigenvalue weighted by molar-refractivity contribution is -0.116. The van der Waals surface area contributed by atoms with Gasteiger partial charge in [-0.2, -0.15) is 0 Å². The maximum Gasteiger partial charge on any atom is 0.338 e. The lowest BCUT2D eigenvalue weighted by Crippen LogP contribution is -2.12. The molecular formula is C20H23NO3. The van der Waals surface area contributed by atoms with Gasteiger partial charge in [0.15, 0.2) is 0 Å². The topological polar surface area (TPSA) is 55.4 Å². The maximum absolute atomic E-state index is 12.0. The number of esters is 1. The Balaban J connectivity index is 1.83. The quantitative estimate of drug-likeness (QED) is 0.779. The molecule has 0 unspecified atom stereocenters. The second kappa shape index (κ2) is 8.87. The van der Waals surface area contributed by atoms with Crippen LogP contribution in [0.3, 0.4) is 0 Å². The van der Waals surface area contributed by atoms with Crippen molar-refractivity contribution in [1.82, 2.24) is 0 Å². The molecule has 0 aliphatic rings. The smallest absolute Gasteiger partial charge is 0.338 e. The summed E-state index contributed by atoms with van der Waals surface area (Å²) in [6.45, 7) is 4.40. The molecule has 0 atom stereocenters. The summed E-state index contributed by atoms with van der Waals surface area (Å²) >= 11 is 0. The van der Waals surface area contributed by atoms with Crippen LogP contribution in [0.5, 0.6) is 0 Å². The number of hydrogen-bond acceptors (Lipinski definition) is 3. The van der Waals surface area contributed by atoms with E-state index in [-0.39, 0.29) is 11.9 Å². The van der Waals surface area contributed by atoms with Crippen molar-refractivity contribution >= 4 is 17.6 Å². The Labute approximate surface area is 142 Å². The fraction of sp³-hybridized carbons (Fsp3) is 0.300. The molecule has 2 rings (SSSR count). The standard InChI is InChI=1S/C20H23NO3/c1-3-14-24-20(23)17-9-11-18(12-10-17)21-19(22)13-8-16-6-4-15(2)5-7-16/h4-7,9-12H,3,8,13-14H2,1-2H3,(H,21,22). The predicted octanol–water partition coefficient (Wildman–Crippen LogP) is 4.13. The molecule has 0 aromatic heterocycles. The van der Waals surface area contributed by atoms with Gasteiger partial charge in [-0.3, -0.25) is 4.79 Å². The van der Waals surface area contributed by atoms with E-state index in [9.17, 15) is 9.59 Å². The summed E-state index contributed by atoms with van der Waals surface area (Å²) in [4.78, 5) is 23.7. The maximum atomic E-state index is 12.0. The molecule has 0 heterocycles. The van der Waals surface area contributed by atoms with Crippen molar-refractivity contribution in [3.8, 4) is 0 Å². The number of benzene rings is 2. The van der Waals surface area contributed by atoms with Gasteiger partial charge in [-0.15, -0.1) is 0 Å². The van der Waals surface area contributed by atoms with E-state index < -0.39 is 0 Å². The van der Waals surface area contributed by atoms with Gasteiger partial charge in [0.05, 0.1) is 12.2 Å². The molecule has 4 heteroatoms. The summed E-state index contributed by atoms with van der Waals surface area (Å²) in [5.41, 5.74) is 3.52. The number of carbonyl (C=O) groups excluding carboxylic acids is 2.